The minimum Gasteiger partial charge on any atom is -0.495 e. The molecule has 8 nitrogen and oxygen atoms in total. The predicted molar refractivity (Wildman–Crippen MR) is 99.8 cm³/mol. The van der Waals surface area contributed by atoms with Crippen LogP contribution in [0.4, 0.5) is 5.69 Å². The molecule has 8 heteroatoms. The lowest BCUT2D eigenvalue weighted by molar-refractivity contribution is 0.102. The van der Waals surface area contributed by atoms with Gasteiger partial charge in [-0.2, -0.15) is 0 Å². The van der Waals surface area contributed by atoms with E-state index < -0.39 is 0 Å². The van der Waals surface area contributed by atoms with Crippen LogP contribution >= 0.6 is 0 Å². The van der Waals surface area contributed by atoms with E-state index in [-0.39, 0.29) is 5.91 Å². The summed E-state index contributed by atoms with van der Waals surface area (Å²) in [4.78, 5) is 20.2. The van der Waals surface area contributed by atoms with Gasteiger partial charge < -0.3 is 19.5 Å². The number of amides is 1. The second kappa shape index (κ2) is 6.56. The number of aryl methyl sites for hydroxylation is 2. The Labute approximate surface area is 154 Å². The van der Waals surface area contributed by atoms with Gasteiger partial charge in [-0.1, -0.05) is 0 Å². The molecule has 0 fully saturated rings. The number of nitrogens with one attached hydrogen (secondary N) is 2. The maximum absolute atomic E-state index is 12.7. The number of anilines is 1. The van der Waals surface area contributed by atoms with Crippen molar-refractivity contribution in [1.82, 2.24) is 20.2 Å². The third kappa shape index (κ3) is 3.24. The fourth-order valence-electron chi connectivity index (χ4n) is 2.82. The van der Waals surface area contributed by atoms with Gasteiger partial charge >= 0.3 is 0 Å². The zero-order chi connectivity index (χ0) is 19.0. The number of imidazole rings is 1. The SMILES string of the molecule is COc1ccc(-c2nnc(C)o2)cc1NC(=O)c1ccc2nc(C)[nH]c2c1. The first-order valence-corrected chi connectivity index (χ1v) is 8.30. The van der Waals surface area contributed by atoms with Gasteiger partial charge in [0.25, 0.3) is 5.91 Å². The number of hydrogen-bond donors (Lipinski definition) is 2. The third-order valence-electron chi connectivity index (χ3n) is 4.08. The molecule has 0 aliphatic rings. The molecule has 0 spiro atoms. The fourth-order valence-corrected chi connectivity index (χ4v) is 2.82. The van der Waals surface area contributed by atoms with Crippen molar-refractivity contribution in [2.45, 2.75) is 13.8 Å². The maximum Gasteiger partial charge on any atom is 0.255 e. The van der Waals surface area contributed by atoms with Gasteiger partial charge in [-0.05, 0) is 43.3 Å². The smallest absolute Gasteiger partial charge is 0.255 e. The Balaban J connectivity index is 1.66. The number of benzene rings is 2. The Morgan fingerprint density at radius 1 is 1.15 bits per heavy atom. The van der Waals surface area contributed by atoms with E-state index in [0.717, 1.165) is 16.9 Å². The van der Waals surface area contributed by atoms with Crippen LogP contribution in [-0.2, 0) is 0 Å². The molecular formula is C19H17N5O3. The highest BCUT2D eigenvalue weighted by molar-refractivity contribution is 6.06. The Morgan fingerprint density at radius 3 is 2.74 bits per heavy atom. The van der Waals surface area contributed by atoms with Gasteiger partial charge in [-0.25, -0.2) is 4.98 Å². The summed E-state index contributed by atoms with van der Waals surface area (Å²) in [6, 6.07) is 10.6. The lowest BCUT2D eigenvalue weighted by Crippen LogP contribution is -2.12. The molecule has 0 unspecified atom stereocenters. The van der Waals surface area contributed by atoms with E-state index in [1.54, 1.807) is 44.4 Å². The van der Waals surface area contributed by atoms with Gasteiger partial charge in [-0.15, -0.1) is 10.2 Å². The van der Waals surface area contributed by atoms with Crippen molar-refractivity contribution in [3.8, 4) is 17.2 Å². The molecule has 4 rings (SSSR count). The normalized spacial score (nSPS) is 10.9. The number of fused-ring (bicyclic) bond motifs is 1. The Kier molecular flexibility index (Phi) is 4.08. The zero-order valence-corrected chi connectivity index (χ0v) is 15.0. The Morgan fingerprint density at radius 2 is 2.00 bits per heavy atom. The predicted octanol–water partition coefficient (Wildman–Crippen LogP) is 3.49. The van der Waals surface area contributed by atoms with Gasteiger partial charge in [0, 0.05) is 18.1 Å². The highest BCUT2D eigenvalue weighted by Crippen LogP contribution is 2.30. The van der Waals surface area contributed by atoms with Crippen LogP contribution in [0.15, 0.2) is 40.8 Å². The van der Waals surface area contributed by atoms with Crippen molar-refractivity contribution >= 4 is 22.6 Å². The number of nitrogens with zero attached hydrogens (tertiary/aromatic N) is 3. The average molecular weight is 363 g/mol. The Hall–Kier alpha value is -3.68. The van der Waals surface area contributed by atoms with E-state index >= 15 is 0 Å². The molecule has 136 valence electrons. The molecule has 2 aromatic heterocycles. The number of H-pyrrole nitrogens is 1. The lowest BCUT2D eigenvalue weighted by Gasteiger charge is -2.11. The highest BCUT2D eigenvalue weighted by Gasteiger charge is 2.14. The number of methoxy groups -OCH3 is 1. The van der Waals surface area contributed by atoms with Crippen molar-refractivity contribution < 1.29 is 13.9 Å². The number of hydrogen-bond acceptors (Lipinski definition) is 6. The van der Waals surface area contributed by atoms with Gasteiger partial charge in [0.2, 0.25) is 11.8 Å². The Bertz CT molecular complexity index is 1150. The first-order chi connectivity index (χ1) is 13.0. The molecular weight excluding hydrogens is 346 g/mol. The summed E-state index contributed by atoms with van der Waals surface area (Å²) in [6.07, 6.45) is 0. The van der Waals surface area contributed by atoms with Crippen LogP contribution in [0.1, 0.15) is 22.1 Å². The summed E-state index contributed by atoms with van der Waals surface area (Å²) in [7, 11) is 1.54. The van der Waals surface area contributed by atoms with Crippen molar-refractivity contribution in [1.29, 1.82) is 0 Å². The summed E-state index contributed by atoms with van der Waals surface area (Å²) in [5.41, 5.74) is 3.33. The second-order valence-corrected chi connectivity index (χ2v) is 6.05. The molecule has 0 saturated heterocycles. The van der Waals surface area contributed by atoms with Crippen molar-refractivity contribution in [3.05, 3.63) is 53.7 Å². The molecule has 4 aromatic rings. The summed E-state index contributed by atoms with van der Waals surface area (Å²) < 4.78 is 10.8. The third-order valence-corrected chi connectivity index (χ3v) is 4.08. The molecule has 0 aliphatic heterocycles. The van der Waals surface area contributed by atoms with Gasteiger partial charge in [-0.3, -0.25) is 4.79 Å². The molecule has 0 radical (unpaired) electrons. The first-order valence-electron chi connectivity index (χ1n) is 8.30. The zero-order valence-electron chi connectivity index (χ0n) is 15.0. The molecule has 2 aromatic carbocycles. The molecule has 2 N–H and O–H groups in total. The topological polar surface area (TPSA) is 106 Å². The molecule has 27 heavy (non-hydrogen) atoms. The number of aromatic nitrogens is 4. The summed E-state index contributed by atoms with van der Waals surface area (Å²) in [5.74, 6) is 1.91. The highest BCUT2D eigenvalue weighted by atomic mass is 16.5. The van der Waals surface area contributed by atoms with Crippen LogP contribution in [-0.4, -0.2) is 33.2 Å². The van der Waals surface area contributed by atoms with Gasteiger partial charge in [0.1, 0.15) is 11.6 Å². The van der Waals surface area contributed by atoms with Crippen LogP contribution in [0.3, 0.4) is 0 Å². The summed E-state index contributed by atoms with van der Waals surface area (Å²) in [5, 5.41) is 10.7. The molecule has 0 bridgehead atoms. The van der Waals surface area contributed by atoms with Crippen LogP contribution < -0.4 is 10.1 Å². The van der Waals surface area contributed by atoms with Crippen LogP contribution in [0, 0.1) is 13.8 Å². The van der Waals surface area contributed by atoms with E-state index in [9.17, 15) is 4.79 Å². The summed E-state index contributed by atoms with van der Waals surface area (Å²) in [6.45, 7) is 3.59. The van der Waals surface area contributed by atoms with E-state index in [2.05, 4.69) is 25.5 Å². The standard InChI is InChI=1S/C19H17N5O3/c1-10-20-14-6-4-12(8-15(14)21-10)18(25)22-16-9-13(5-7-17(16)26-3)19-24-23-11(2)27-19/h4-9H,1-3H3,(H,20,21)(H,22,25). The number of rotatable bonds is 4. The maximum atomic E-state index is 12.7. The molecule has 2 heterocycles. The van der Waals surface area contributed by atoms with Gasteiger partial charge in [0.05, 0.1) is 23.8 Å². The fraction of sp³-hybridized carbons (Fsp3) is 0.158. The van der Waals surface area contributed by atoms with E-state index in [0.29, 0.717) is 34.3 Å². The van der Waals surface area contributed by atoms with Crippen molar-refractivity contribution in [2.75, 3.05) is 12.4 Å². The number of ether oxygens (including phenoxy) is 1. The average Bonchev–Trinajstić information content (AvgIpc) is 3.25. The minimum absolute atomic E-state index is 0.263. The monoisotopic (exact) mass is 363 g/mol. The molecule has 0 atom stereocenters. The molecule has 0 aliphatic carbocycles. The molecule has 0 saturated carbocycles. The van der Waals surface area contributed by atoms with E-state index in [1.165, 1.54) is 0 Å². The van der Waals surface area contributed by atoms with Crippen molar-refractivity contribution in [3.63, 3.8) is 0 Å². The number of carbonyl (C=O) groups is 1. The molecule has 1 amide bonds. The second-order valence-electron chi connectivity index (χ2n) is 6.05. The van der Waals surface area contributed by atoms with Crippen LogP contribution in [0.25, 0.3) is 22.5 Å². The first kappa shape index (κ1) is 16.8. The van der Waals surface area contributed by atoms with Crippen molar-refractivity contribution in [2.24, 2.45) is 0 Å². The van der Waals surface area contributed by atoms with E-state index in [1.807, 2.05) is 13.0 Å². The quantitative estimate of drug-likeness (QED) is 0.575. The van der Waals surface area contributed by atoms with Crippen LogP contribution in [0.5, 0.6) is 5.75 Å². The lowest BCUT2D eigenvalue weighted by atomic mass is 10.1. The van der Waals surface area contributed by atoms with E-state index in [4.69, 9.17) is 9.15 Å². The number of carbonyl (C=O) groups excluding carboxylic acids is 1. The van der Waals surface area contributed by atoms with Gasteiger partial charge in [0.15, 0.2) is 0 Å². The largest absolute Gasteiger partial charge is 0.495 e. The number of aromatic amines is 1. The van der Waals surface area contributed by atoms with Crippen LogP contribution in [0.2, 0.25) is 0 Å². The summed E-state index contributed by atoms with van der Waals surface area (Å²) >= 11 is 0. The minimum atomic E-state index is -0.263.